The van der Waals surface area contributed by atoms with E-state index in [0.29, 0.717) is 0 Å². The van der Waals surface area contributed by atoms with Crippen molar-refractivity contribution in [2.75, 3.05) is 6.61 Å². The number of ether oxygens (including phenoxy) is 1. The van der Waals surface area contributed by atoms with Gasteiger partial charge in [0.05, 0.1) is 12.2 Å². The molecule has 0 bridgehead atoms. The molecular weight excluding hydrogens is 186 g/mol. The lowest BCUT2D eigenvalue weighted by Gasteiger charge is -2.01. The molecule has 0 aromatic rings. The van der Waals surface area contributed by atoms with Crippen LogP contribution in [-0.4, -0.2) is 23.8 Å². The highest BCUT2D eigenvalue weighted by Gasteiger charge is 2.05. The molecule has 1 amide bonds. The van der Waals surface area contributed by atoms with E-state index in [1.807, 2.05) is 0 Å². The number of nitrogens with one attached hydrogen (secondary N) is 1. The van der Waals surface area contributed by atoms with Crippen molar-refractivity contribution in [3.8, 4) is 0 Å². The molecule has 2 N–H and O–H groups in total. The highest BCUT2D eigenvalue weighted by atomic mass is 16.5. The SMILES string of the molecule is C=CCC(=CNC(=O)OCC)C(=O)O. The van der Waals surface area contributed by atoms with Crippen LogP contribution in [0.2, 0.25) is 0 Å². The van der Waals surface area contributed by atoms with E-state index < -0.39 is 12.1 Å². The normalized spacial score (nSPS) is 10.5. The van der Waals surface area contributed by atoms with E-state index in [-0.39, 0.29) is 18.6 Å². The Morgan fingerprint density at radius 2 is 2.21 bits per heavy atom. The van der Waals surface area contributed by atoms with Gasteiger partial charge in [-0.05, 0) is 13.3 Å². The molecule has 0 aliphatic heterocycles. The predicted molar refractivity (Wildman–Crippen MR) is 50.7 cm³/mol. The van der Waals surface area contributed by atoms with Crippen LogP contribution in [0.1, 0.15) is 13.3 Å². The van der Waals surface area contributed by atoms with Gasteiger partial charge in [-0.3, -0.25) is 5.32 Å². The van der Waals surface area contributed by atoms with Crippen LogP contribution in [0, 0.1) is 0 Å². The molecule has 0 rings (SSSR count). The highest BCUT2D eigenvalue weighted by molar-refractivity contribution is 5.87. The van der Waals surface area contributed by atoms with Crippen LogP contribution in [0.15, 0.2) is 24.4 Å². The first kappa shape index (κ1) is 12.2. The lowest BCUT2D eigenvalue weighted by Crippen LogP contribution is -2.20. The summed E-state index contributed by atoms with van der Waals surface area (Å²) in [5, 5.41) is 10.8. The van der Waals surface area contributed by atoms with E-state index in [1.165, 1.54) is 6.08 Å². The van der Waals surface area contributed by atoms with Crippen molar-refractivity contribution < 1.29 is 19.4 Å². The van der Waals surface area contributed by atoms with Gasteiger partial charge in [-0.15, -0.1) is 6.58 Å². The molecule has 78 valence electrons. The molecule has 0 aromatic heterocycles. The number of amides is 1. The minimum Gasteiger partial charge on any atom is -0.478 e. The van der Waals surface area contributed by atoms with Crippen molar-refractivity contribution in [2.45, 2.75) is 13.3 Å². The Morgan fingerprint density at radius 3 is 2.64 bits per heavy atom. The van der Waals surface area contributed by atoms with Gasteiger partial charge in [0.15, 0.2) is 0 Å². The van der Waals surface area contributed by atoms with E-state index in [2.05, 4.69) is 16.6 Å². The number of alkyl carbamates (subject to hydrolysis) is 1. The van der Waals surface area contributed by atoms with Crippen molar-refractivity contribution in [3.63, 3.8) is 0 Å². The number of hydrogen-bond acceptors (Lipinski definition) is 3. The van der Waals surface area contributed by atoms with Gasteiger partial charge >= 0.3 is 12.1 Å². The fraction of sp³-hybridized carbons (Fsp3) is 0.333. The van der Waals surface area contributed by atoms with Gasteiger partial charge in [0.25, 0.3) is 0 Å². The summed E-state index contributed by atoms with van der Waals surface area (Å²) in [5.41, 5.74) is 0.0491. The number of carbonyl (C=O) groups is 2. The van der Waals surface area contributed by atoms with Crippen molar-refractivity contribution in [2.24, 2.45) is 0 Å². The molecule has 0 aliphatic rings. The van der Waals surface area contributed by atoms with Gasteiger partial charge in [0.2, 0.25) is 0 Å². The van der Waals surface area contributed by atoms with Crippen LogP contribution >= 0.6 is 0 Å². The average molecular weight is 199 g/mol. The van der Waals surface area contributed by atoms with Gasteiger partial charge < -0.3 is 9.84 Å². The first-order valence-electron chi connectivity index (χ1n) is 4.08. The van der Waals surface area contributed by atoms with Gasteiger partial charge in [-0.25, -0.2) is 9.59 Å². The lowest BCUT2D eigenvalue weighted by atomic mass is 10.2. The van der Waals surface area contributed by atoms with Gasteiger partial charge in [-0.2, -0.15) is 0 Å². The van der Waals surface area contributed by atoms with E-state index in [9.17, 15) is 9.59 Å². The molecule has 14 heavy (non-hydrogen) atoms. The van der Waals surface area contributed by atoms with Crippen LogP contribution < -0.4 is 5.32 Å². The summed E-state index contributed by atoms with van der Waals surface area (Å²) >= 11 is 0. The first-order chi connectivity index (χ1) is 6.61. The number of allylic oxidation sites excluding steroid dienone is 1. The molecule has 0 fully saturated rings. The van der Waals surface area contributed by atoms with Crippen LogP contribution in [0.5, 0.6) is 0 Å². The highest BCUT2D eigenvalue weighted by Crippen LogP contribution is 2.00. The molecule has 0 aliphatic carbocycles. The number of rotatable bonds is 5. The van der Waals surface area contributed by atoms with E-state index in [0.717, 1.165) is 6.20 Å². The molecule has 0 heterocycles. The maximum Gasteiger partial charge on any atom is 0.411 e. The molecule has 0 unspecified atom stereocenters. The molecule has 0 radical (unpaired) electrons. The minimum absolute atomic E-state index is 0.0491. The van der Waals surface area contributed by atoms with Crippen molar-refractivity contribution >= 4 is 12.1 Å². The summed E-state index contributed by atoms with van der Waals surface area (Å²) in [4.78, 5) is 21.3. The smallest absolute Gasteiger partial charge is 0.411 e. The molecular formula is C9H13NO4. The summed E-state index contributed by atoms with van der Waals surface area (Å²) in [6.07, 6.45) is 2.05. The molecule has 5 heteroatoms. The second-order valence-electron chi connectivity index (χ2n) is 2.33. The van der Waals surface area contributed by atoms with Gasteiger partial charge in [-0.1, -0.05) is 6.08 Å². The predicted octanol–water partition coefficient (Wildman–Crippen LogP) is 1.28. The third kappa shape index (κ3) is 4.97. The summed E-state index contributed by atoms with van der Waals surface area (Å²) in [6, 6.07) is 0. The first-order valence-corrected chi connectivity index (χ1v) is 4.08. The maximum atomic E-state index is 10.8. The monoisotopic (exact) mass is 199 g/mol. The van der Waals surface area contributed by atoms with Crippen molar-refractivity contribution in [1.29, 1.82) is 0 Å². The van der Waals surface area contributed by atoms with E-state index in [4.69, 9.17) is 5.11 Å². The average Bonchev–Trinajstić information content (AvgIpc) is 2.12. The summed E-state index contributed by atoms with van der Waals surface area (Å²) in [5.74, 6) is -1.10. The largest absolute Gasteiger partial charge is 0.478 e. The van der Waals surface area contributed by atoms with Gasteiger partial charge in [0, 0.05) is 6.20 Å². The van der Waals surface area contributed by atoms with Crippen LogP contribution in [0.3, 0.4) is 0 Å². The maximum absolute atomic E-state index is 10.8. The second-order valence-corrected chi connectivity index (χ2v) is 2.33. The fourth-order valence-electron chi connectivity index (χ4n) is 0.682. The number of carboxylic acids is 1. The minimum atomic E-state index is -1.10. The Hall–Kier alpha value is -1.78. The van der Waals surface area contributed by atoms with Crippen molar-refractivity contribution in [3.05, 3.63) is 24.4 Å². The zero-order valence-corrected chi connectivity index (χ0v) is 7.95. The van der Waals surface area contributed by atoms with E-state index in [1.54, 1.807) is 6.92 Å². The third-order valence-electron chi connectivity index (χ3n) is 1.28. The molecule has 0 saturated carbocycles. The Morgan fingerprint density at radius 1 is 1.57 bits per heavy atom. The Labute approximate surface area is 82.1 Å². The zero-order valence-electron chi connectivity index (χ0n) is 7.95. The number of carbonyl (C=O) groups excluding carboxylic acids is 1. The third-order valence-corrected chi connectivity index (χ3v) is 1.28. The van der Waals surface area contributed by atoms with Crippen LogP contribution in [0.4, 0.5) is 4.79 Å². The zero-order chi connectivity index (χ0) is 11.0. The number of carboxylic acid groups (broad SMARTS) is 1. The molecule has 0 aromatic carbocycles. The second kappa shape index (κ2) is 6.71. The Bertz CT molecular complexity index is 258. The molecule has 0 spiro atoms. The summed E-state index contributed by atoms with van der Waals surface area (Å²) in [7, 11) is 0. The summed E-state index contributed by atoms with van der Waals surface area (Å²) < 4.78 is 4.54. The molecule has 5 nitrogen and oxygen atoms in total. The van der Waals surface area contributed by atoms with Crippen LogP contribution in [-0.2, 0) is 9.53 Å². The van der Waals surface area contributed by atoms with E-state index >= 15 is 0 Å². The lowest BCUT2D eigenvalue weighted by molar-refractivity contribution is -0.132. The Kier molecular flexibility index (Phi) is 5.85. The Balaban J connectivity index is 4.22. The fourth-order valence-corrected chi connectivity index (χ4v) is 0.682. The van der Waals surface area contributed by atoms with Crippen molar-refractivity contribution in [1.82, 2.24) is 5.32 Å². The summed E-state index contributed by atoms with van der Waals surface area (Å²) in [6.45, 7) is 5.30. The van der Waals surface area contributed by atoms with Crippen LogP contribution in [0.25, 0.3) is 0 Å². The number of aliphatic carboxylic acids is 1. The molecule has 0 atom stereocenters. The van der Waals surface area contributed by atoms with Gasteiger partial charge in [0.1, 0.15) is 0 Å². The topological polar surface area (TPSA) is 75.6 Å². The number of hydrogen-bond donors (Lipinski definition) is 2. The quantitative estimate of drug-likeness (QED) is 0.516. The standard InChI is InChI=1S/C9H13NO4/c1-3-5-7(8(11)12)6-10-9(13)14-4-2/h3,6H,1,4-5H2,2H3,(H,10,13)(H,11,12). The molecule has 0 saturated heterocycles.